The molecule has 0 bridgehead atoms. The van der Waals surface area contributed by atoms with E-state index in [2.05, 4.69) is 10.3 Å². The first-order valence-corrected chi connectivity index (χ1v) is 12.1. The molecule has 1 aliphatic heterocycles. The van der Waals surface area contributed by atoms with Gasteiger partial charge in [0.05, 0.1) is 22.1 Å². The third-order valence-electron chi connectivity index (χ3n) is 5.87. The van der Waals surface area contributed by atoms with Gasteiger partial charge in [-0.3, -0.25) is 14.2 Å². The van der Waals surface area contributed by atoms with Crippen LogP contribution in [-0.2, 0) is 21.4 Å². The lowest BCUT2D eigenvalue weighted by Crippen LogP contribution is -2.47. The second-order valence-electron chi connectivity index (χ2n) is 8.23. The maximum absolute atomic E-state index is 13.1. The molecule has 0 aliphatic carbocycles. The topological polar surface area (TPSA) is 101 Å². The van der Waals surface area contributed by atoms with Crippen LogP contribution in [0.15, 0.2) is 64.5 Å². The van der Waals surface area contributed by atoms with E-state index in [9.17, 15) is 18.0 Å². The van der Waals surface area contributed by atoms with Crippen molar-refractivity contribution >= 4 is 32.5 Å². The van der Waals surface area contributed by atoms with Crippen molar-refractivity contribution in [3.63, 3.8) is 0 Å². The molecule has 0 unspecified atom stereocenters. The molecule has 4 rings (SSSR count). The van der Waals surface area contributed by atoms with Crippen molar-refractivity contribution in [2.75, 3.05) is 5.32 Å². The van der Waals surface area contributed by atoms with Crippen LogP contribution in [-0.4, -0.2) is 40.3 Å². The van der Waals surface area contributed by atoms with Crippen molar-refractivity contribution in [3.8, 4) is 0 Å². The zero-order valence-corrected chi connectivity index (χ0v) is 18.9. The van der Waals surface area contributed by atoms with Gasteiger partial charge in [-0.05, 0) is 63.1 Å². The Hall–Kier alpha value is -3.04. The minimum absolute atomic E-state index is 0.0444. The van der Waals surface area contributed by atoms with Crippen molar-refractivity contribution in [3.05, 3.63) is 65.2 Å². The van der Waals surface area contributed by atoms with E-state index in [4.69, 9.17) is 0 Å². The summed E-state index contributed by atoms with van der Waals surface area (Å²) in [6.45, 7) is 3.68. The normalized spacial score (nSPS) is 19.7. The van der Waals surface area contributed by atoms with Gasteiger partial charge in [0.15, 0.2) is 0 Å². The summed E-state index contributed by atoms with van der Waals surface area (Å²) in [5.41, 5.74) is 0.732. The number of hydrogen-bond donors (Lipinski definition) is 1. The number of rotatable bonds is 5. The maximum atomic E-state index is 13.1. The van der Waals surface area contributed by atoms with Crippen LogP contribution in [0.2, 0.25) is 0 Å². The Kier molecular flexibility index (Phi) is 6.12. The number of nitrogens with one attached hydrogen (secondary N) is 1. The molecule has 3 aromatic rings. The lowest BCUT2D eigenvalue weighted by molar-refractivity contribution is -0.116. The number of hydrogen-bond acceptors (Lipinski definition) is 5. The Labute approximate surface area is 186 Å². The molecule has 2 aromatic carbocycles. The van der Waals surface area contributed by atoms with Crippen molar-refractivity contribution in [1.29, 1.82) is 0 Å². The lowest BCUT2D eigenvalue weighted by Gasteiger charge is -2.37. The van der Waals surface area contributed by atoms with Gasteiger partial charge in [-0.15, -0.1) is 0 Å². The lowest BCUT2D eigenvalue weighted by atomic mass is 10.0. The Balaban J connectivity index is 1.47. The van der Waals surface area contributed by atoms with E-state index in [1.165, 1.54) is 23.0 Å². The zero-order valence-electron chi connectivity index (χ0n) is 18.1. The molecule has 1 aromatic heterocycles. The molecule has 2 heterocycles. The highest BCUT2D eigenvalue weighted by molar-refractivity contribution is 7.89. The smallest absolute Gasteiger partial charge is 0.261 e. The first-order chi connectivity index (χ1) is 15.3. The molecule has 32 heavy (non-hydrogen) atoms. The fourth-order valence-electron chi connectivity index (χ4n) is 4.28. The Morgan fingerprint density at radius 2 is 1.72 bits per heavy atom. The van der Waals surface area contributed by atoms with Crippen LogP contribution in [0.1, 0.15) is 33.1 Å². The molecule has 168 valence electrons. The van der Waals surface area contributed by atoms with Crippen LogP contribution in [0.3, 0.4) is 0 Å². The van der Waals surface area contributed by atoms with E-state index in [1.807, 2.05) is 13.8 Å². The third-order valence-corrected chi connectivity index (χ3v) is 8.01. The Morgan fingerprint density at radius 1 is 1.06 bits per heavy atom. The van der Waals surface area contributed by atoms with E-state index >= 15 is 0 Å². The first-order valence-electron chi connectivity index (χ1n) is 10.6. The minimum atomic E-state index is -3.61. The molecule has 1 saturated heterocycles. The second kappa shape index (κ2) is 8.84. The number of para-hydroxylation sites is 1. The maximum Gasteiger partial charge on any atom is 0.261 e. The van der Waals surface area contributed by atoms with Gasteiger partial charge in [-0.25, -0.2) is 13.4 Å². The fraction of sp³-hybridized carbons (Fsp3) is 0.348. The molecule has 1 amide bonds. The number of carbonyl (C=O) groups is 1. The third kappa shape index (κ3) is 4.31. The van der Waals surface area contributed by atoms with Crippen LogP contribution >= 0.6 is 0 Å². The summed E-state index contributed by atoms with van der Waals surface area (Å²) >= 11 is 0. The standard InChI is InChI=1S/C23H26N4O4S/c1-16-6-5-7-17(2)27(16)32(30,31)19-12-10-18(11-13-19)25-22(28)14-26-15-24-21-9-4-3-8-20(21)23(26)29/h3-4,8-13,15-17H,5-7,14H2,1-2H3,(H,25,28)/t16-,17+. The fourth-order valence-corrected chi connectivity index (χ4v) is 6.16. The summed E-state index contributed by atoms with van der Waals surface area (Å²) in [6, 6.07) is 13.0. The number of anilines is 1. The van der Waals surface area contributed by atoms with E-state index in [0.717, 1.165) is 19.3 Å². The summed E-state index contributed by atoms with van der Waals surface area (Å²) < 4.78 is 29.1. The quantitative estimate of drug-likeness (QED) is 0.639. The van der Waals surface area contributed by atoms with Crippen LogP contribution < -0.4 is 10.9 Å². The van der Waals surface area contributed by atoms with Gasteiger partial charge in [0, 0.05) is 17.8 Å². The molecule has 0 saturated carbocycles. The van der Waals surface area contributed by atoms with Gasteiger partial charge < -0.3 is 5.32 Å². The van der Waals surface area contributed by atoms with Crippen LogP contribution in [0.25, 0.3) is 10.9 Å². The number of nitrogens with zero attached hydrogens (tertiary/aromatic N) is 3. The number of benzene rings is 2. The van der Waals surface area contributed by atoms with E-state index in [-0.39, 0.29) is 29.1 Å². The zero-order chi connectivity index (χ0) is 22.9. The van der Waals surface area contributed by atoms with Crippen LogP contribution in [0, 0.1) is 0 Å². The van der Waals surface area contributed by atoms with E-state index < -0.39 is 15.9 Å². The summed E-state index contributed by atoms with van der Waals surface area (Å²) in [4.78, 5) is 29.4. The monoisotopic (exact) mass is 454 g/mol. The number of sulfonamides is 1. The van der Waals surface area contributed by atoms with Gasteiger partial charge in [0.1, 0.15) is 6.54 Å². The Bertz CT molecular complexity index is 1290. The predicted molar refractivity (Wildman–Crippen MR) is 123 cm³/mol. The predicted octanol–water partition coefficient (Wildman–Crippen LogP) is 2.99. The number of aromatic nitrogens is 2. The van der Waals surface area contributed by atoms with Gasteiger partial charge in [-0.2, -0.15) is 4.31 Å². The highest BCUT2D eigenvalue weighted by Crippen LogP contribution is 2.29. The summed E-state index contributed by atoms with van der Waals surface area (Å²) in [5.74, 6) is -0.405. The van der Waals surface area contributed by atoms with Crippen molar-refractivity contribution in [2.45, 2.75) is 56.6 Å². The first kappa shape index (κ1) is 22.2. The molecular formula is C23H26N4O4S. The average Bonchev–Trinajstić information content (AvgIpc) is 2.76. The molecular weight excluding hydrogens is 428 g/mol. The molecule has 1 fully saturated rings. The highest BCUT2D eigenvalue weighted by Gasteiger charge is 2.35. The van der Waals surface area contributed by atoms with Gasteiger partial charge in [0.25, 0.3) is 5.56 Å². The average molecular weight is 455 g/mol. The summed E-state index contributed by atoms with van der Waals surface area (Å²) in [5, 5.41) is 3.15. The second-order valence-corrected chi connectivity index (χ2v) is 10.1. The Morgan fingerprint density at radius 3 is 2.41 bits per heavy atom. The molecule has 1 aliphatic rings. The largest absolute Gasteiger partial charge is 0.325 e. The molecule has 2 atom stereocenters. The minimum Gasteiger partial charge on any atom is -0.325 e. The van der Waals surface area contributed by atoms with E-state index in [1.54, 1.807) is 40.7 Å². The summed E-state index contributed by atoms with van der Waals surface area (Å²) in [7, 11) is -3.61. The van der Waals surface area contributed by atoms with Crippen molar-refractivity contribution in [1.82, 2.24) is 13.9 Å². The molecule has 9 heteroatoms. The molecule has 8 nitrogen and oxygen atoms in total. The van der Waals surface area contributed by atoms with Gasteiger partial charge in [0.2, 0.25) is 15.9 Å². The van der Waals surface area contributed by atoms with Gasteiger partial charge >= 0.3 is 0 Å². The van der Waals surface area contributed by atoms with Crippen molar-refractivity contribution < 1.29 is 13.2 Å². The molecule has 0 radical (unpaired) electrons. The molecule has 1 N–H and O–H groups in total. The number of carbonyl (C=O) groups excluding carboxylic acids is 1. The SMILES string of the molecule is C[C@@H]1CCC[C@H](C)N1S(=O)(=O)c1ccc(NC(=O)Cn2cnc3ccccc3c2=O)cc1. The highest BCUT2D eigenvalue weighted by atomic mass is 32.2. The van der Waals surface area contributed by atoms with Crippen LogP contribution in [0.4, 0.5) is 5.69 Å². The van der Waals surface area contributed by atoms with E-state index in [0.29, 0.717) is 16.6 Å². The number of piperidine rings is 1. The van der Waals surface area contributed by atoms with Gasteiger partial charge in [-0.1, -0.05) is 18.6 Å². The van der Waals surface area contributed by atoms with Crippen LogP contribution in [0.5, 0.6) is 0 Å². The van der Waals surface area contributed by atoms with Crippen molar-refractivity contribution in [2.24, 2.45) is 0 Å². The summed E-state index contributed by atoms with van der Waals surface area (Å²) in [6.07, 6.45) is 4.07. The molecule has 0 spiro atoms. The number of amides is 1. The number of fused-ring (bicyclic) bond motifs is 1.